The summed E-state index contributed by atoms with van der Waals surface area (Å²) in [5.41, 5.74) is 1.49. The molecule has 0 saturated carbocycles. The number of pyridine rings is 1. The van der Waals surface area contributed by atoms with E-state index < -0.39 is 29.9 Å². The van der Waals surface area contributed by atoms with Crippen LogP contribution in [0.5, 0.6) is 5.75 Å². The Morgan fingerprint density at radius 1 is 1.25 bits per heavy atom. The van der Waals surface area contributed by atoms with Crippen LogP contribution in [0, 0.1) is 5.82 Å². The monoisotopic (exact) mass is 452 g/mol. The minimum Gasteiger partial charge on any atom is -0.403 e. The molecule has 0 radical (unpaired) electrons. The molecule has 2 heterocycles. The van der Waals surface area contributed by atoms with Gasteiger partial charge in [0.1, 0.15) is 5.69 Å². The number of hydrogen-bond donors (Lipinski definition) is 1. The first-order valence-electron chi connectivity index (χ1n) is 9.55. The highest BCUT2D eigenvalue weighted by Gasteiger charge is 2.32. The van der Waals surface area contributed by atoms with Gasteiger partial charge in [-0.2, -0.15) is 5.10 Å². The first-order valence-corrected chi connectivity index (χ1v) is 9.55. The average molecular weight is 452 g/mol. The van der Waals surface area contributed by atoms with Crippen LogP contribution in [0.15, 0.2) is 48.8 Å². The van der Waals surface area contributed by atoms with Gasteiger partial charge in [-0.15, -0.1) is 13.2 Å². The molecule has 1 aromatic carbocycles. The Morgan fingerprint density at radius 2 is 2.03 bits per heavy atom. The first kappa shape index (κ1) is 23.2. The largest absolute Gasteiger partial charge is 0.573 e. The van der Waals surface area contributed by atoms with Gasteiger partial charge >= 0.3 is 6.36 Å². The lowest BCUT2D eigenvalue weighted by molar-refractivity contribution is -0.275. The number of amides is 1. The van der Waals surface area contributed by atoms with Crippen LogP contribution in [0.2, 0.25) is 0 Å². The molecule has 0 aliphatic carbocycles. The summed E-state index contributed by atoms with van der Waals surface area (Å²) in [5.74, 6) is -2.71. The molecule has 0 fully saturated rings. The summed E-state index contributed by atoms with van der Waals surface area (Å²) in [6, 6.07) is 7.33. The van der Waals surface area contributed by atoms with E-state index >= 15 is 0 Å². The van der Waals surface area contributed by atoms with Crippen molar-refractivity contribution in [2.45, 2.75) is 25.9 Å². The van der Waals surface area contributed by atoms with Gasteiger partial charge in [-0.05, 0) is 36.8 Å². The van der Waals surface area contributed by atoms with Gasteiger partial charge in [-0.1, -0.05) is 12.1 Å². The third kappa shape index (κ3) is 5.41. The van der Waals surface area contributed by atoms with Gasteiger partial charge < -0.3 is 14.8 Å². The van der Waals surface area contributed by atoms with E-state index in [-0.39, 0.29) is 17.9 Å². The van der Waals surface area contributed by atoms with Crippen molar-refractivity contribution in [1.82, 2.24) is 20.1 Å². The maximum Gasteiger partial charge on any atom is 0.573 e. The number of halogens is 4. The quantitative estimate of drug-likeness (QED) is 0.521. The van der Waals surface area contributed by atoms with Gasteiger partial charge in [0.2, 0.25) is 0 Å². The van der Waals surface area contributed by atoms with E-state index in [1.54, 1.807) is 24.4 Å². The van der Waals surface area contributed by atoms with E-state index in [4.69, 9.17) is 4.74 Å². The van der Waals surface area contributed by atoms with Crippen molar-refractivity contribution in [3.63, 3.8) is 0 Å². The molecule has 3 rings (SSSR count). The topological polar surface area (TPSA) is 78.3 Å². The summed E-state index contributed by atoms with van der Waals surface area (Å²) in [4.78, 5) is 17.4. The van der Waals surface area contributed by atoms with E-state index in [1.807, 2.05) is 6.92 Å². The Kier molecular flexibility index (Phi) is 7.08. The number of aromatic nitrogens is 3. The van der Waals surface area contributed by atoms with E-state index in [1.165, 1.54) is 24.1 Å². The van der Waals surface area contributed by atoms with E-state index in [2.05, 4.69) is 20.1 Å². The van der Waals surface area contributed by atoms with Gasteiger partial charge in [-0.25, -0.2) is 4.39 Å². The van der Waals surface area contributed by atoms with Crippen LogP contribution in [-0.2, 0) is 11.3 Å². The molecule has 1 N–H and O–H groups in total. The number of rotatable bonds is 8. The number of aryl methyl sites for hydroxylation is 1. The Bertz CT molecular complexity index is 1070. The fourth-order valence-electron chi connectivity index (χ4n) is 3.13. The minimum atomic E-state index is -5.02. The maximum absolute atomic E-state index is 14.2. The number of nitrogens with zero attached hydrogens (tertiary/aromatic N) is 3. The number of carbonyl (C=O) groups excluding carboxylic acids is 1. The number of nitrogens with one attached hydrogen (secondary N) is 1. The SMILES string of the molecule is CCn1ncc(-c2ccccn2)c1C(=O)NC(COC)c1ccc(OC(F)(F)F)c(F)c1. The summed E-state index contributed by atoms with van der Waals surface area (Å²) in [6.45, 7) is 2.17. The lowest BCUT2D eigenvalue weighted by Gasteiger charge is -2.20. The van der Waals surface area contributed by atoms with Gasteiger partial charge in [0.25, 0.3) is 5.91 Å². The number of hydrogen-bond acceptors (Lipinski definition) is 5. The lowest BCUT2D eigenvalue weighted by Crippen LogP contribution is -2.33. The fraction of sp³-hybridized carbons (Fsp3) is 0.286. The zero-order valence-electron chi connectivity index (χ0n) is 17.2. The molecule has 3 aromatic rings. The fourth-order valence-corrected chi connectivity index (χ4v) is 3.13. The molecule has 2 aromatic heterocycles. The molecule has 0 saturated heterocycles. The van der Waals surface area contributed by atoms with Gasteiger partial charge in [-0.3, -0.25) is 14.5 Å². The second kappa shape index (κ2) is 9.77. The summed E-state index contributed by atoms with van der Waals surface area (Å²) < 4.78 is 61.7. The molecule has 32 heavy (non-hydrogen) atoms. The maximum atomic E-state index is 14.2. The predicted octanol–water partition coefficient (Wildman–Crippen LogP) is 4.12. The smallest absolute Gasteiger partial charge is 0.403 e. The van der Waals surface area contributed by atoms with Crippen LogP contribution >= 0.6 is 0 Å². The van der Waals surface area contributed by atoms with Gasteiger partial charge in [0, 0.05) is 19.9 Å². The molecule has 0 bridgehead atoms. The van der Waals surface area contributed by atoms with E-state index in [0.717, 1.165) is 12.1 Å². The molecule has 170 valence electrons. The van der Waals surface area contributed by atoms with Crippen molar-refractivity contribution in [2.75, 3.05) is 13.7 Å². The predicted molar refractivity (Wildman–Crippen MR) is 106 cm³/mol. The third-order valence-electron chi connectivity index (χ3n) is 4.52. The minimum absolute atomic E-state index is 0.0517. The summed E-state index contributed by atoms with van der Waals surface area (Å²) >= 11 is 0. The molecule has 1 unspecified atom stereocenters. The van der Waals surface area contributed by atoms with Crippen molar-refractivity contribution in [3.8, 4) is 17.0 Å². The molecule has 0 aliphatic rings. The number of carbonyl (C=O) groups is 1. The molecule has 11 heteroatoms. The zero-order valence-corrected chi connectivity index (χ0v) is 17.2. The highest BCUT2D eigenvalue weighted by molar-refractivity contribution is 5.99. The summed E-state index contributed by atoms with van der Waals surface area (Å²) in [5, 5.41) is 6.95. The van der Waals surface area contributed by atoms with E-state index in [9.17, 15) is 22.4 Å². The molecule has 0 spiro atoms. The van der Waals surface area contributed by atoms with E-state index in [0.29, 0.717) is 17.8 Å². The molecular formula is C21H20F4N4O3. The number of ether oxygens (including phenoxy) is 2. The van der Waals surface area contributed by atoms with Crippen LogP contribution in [0.3, 0.4) is 0 Å². The molecule has 1 amide bonds. The number of methoxy groups -OCH3 is 1. The van der Waals surface area contributed by atoms with Crippen LogP contribution < -0.4 is 10.1 Å². The Labute approximate surface area is 181 Å². The highest BCUT2D eigenvalue weighted by Crippen LogP contribution is 2.28. The normalized spacial score (nSPS) is 12.4. The Balaban J connectivity index is 1.90. The molecule has 7 nitrogen and oxygen atoms in total. The van der Waals surface area contributed by atoms with Crippen molar-refractivity contribution in [2.24, 2.45) is 0 Å². The highest BCUT2D eigenvalue weighted by atomic mass is 19.4. The second-order valence-corrected chi connectivity index (χ2v) is 6.66. The Hall–Kier alpha value is -3.47. The van der Waals surface area contributed by atoms with Crippen molar-refractivity contribution in [1.29, 1.82) is 0 Å². The first-order chi connectivity index (χ1) is 15.2. The Morgan fingerprint density at radius 3 is 2.62 bits per heavy atom. The number of alkyl halides is 3. The molecular weight excluding hydrogens is 432 g/mol. The van der Waals surface area contributed by atoms with Crippen LogP contribution in [-0.4, -0.2) is 40.8 Å². The van der Waals surface area contributed by atoms with Crippen molar-refractivity contribution < 1.29 is 31.8 Å². The van der Waals surface area contributed by atoms with Crippen LogP contribution in [0.4, 0.5) is 17.6 Å². The molecule has 0 aliphatic heterocycles. The van der Waals surface area contributed by atoms with Crippen molar-refractivity contribution >= 4 is 5.91 Å². The van der Waals surface area contributed by atoms with Crippen LogP contribution in [0.25, 0.3) is 11.3 Å². The number of benzene rings is 1. The van der Waals surface area contributed by atoms with Crippen LogP contribution in [0.1, 0.15) is 29.0 Å². The lowest BCUT2D eigenvalue weighted by atomic mass is 10.1. The summed E-state index contributed by atoms with van der Waals surface area (Å²) in [6.07, 6.45) is -1.92. The third-order valence-corrected chi connectivity index (χ3v) is 4.52. The average Bonchev–Trinajstić information content (AvgIpc) is 3.19. The second-order valence-electron chi connectivity index (χ2n) is 6.66. The van der Waals surface area contributed by atoms with Gasteiger partial charge in [0.05, 0.1) is 30.1 Å². The molecule has 1 atom stereocenters. The van der Waals surface area contributed by atoms with Gasteiger partial charge in [0.15, 0.2) is 11.6 Å². The summed E-state index contributed by atoms with van der Waals surface area (Å²) in [7, 11) is 1.38. The standard InChI is InChI=1S/C21H20F4N4O3/c1-3-29-19(14(11-27-29)16-6-4-5-9-26-16)20(30)28-17(12-31-2)13-7-8-18(15(22)10-13)32-21(23,24)25/h4-11,17H,3,12H2,1-2H3,(H,28,30). The van der Waals surface area contributed by atoms with Crippen molar-refractivity contribution in [3.05, 3.63) is 65.9 Å². The zero-order chi connectivity index (χ0) is 23.3.